The number of aromatic nitrogens is 1. The van der Waals surface area contributed by atoms with Crippen molar-refractivity contribution >= 4 is 10.9 Å². The summed E-state index contributed by atoms with van der Waals surface area (Å²) >= 11 is 0. The van der Waals surface area contributed by atoms with Crippen molar-refractivity contribution in [2.75, 3.05) is 0 Å². The third kappa shape index (κ3) is 1.96. The average Bonchev–Trinajstić information content (AvgIpc) is 2.36. The zero-order valence-corrected chi connectivity index (χ0v) is 9.05. The van der Waals surface area contributed by atoms with Crippen molar-refractivity contribution < 1.29 is 4.74 Å². The molecule has 16 heavy (non-hydrogen) atoms. The largest absolute Gasteiger partial charge is 0.475 e. The zero-order valence-electron chi connectivity index (χ0n) is 9.05. The summed E-state index contributed by atoms with van der Waals surface area (Å²) in [6, 6.07) is 11.6. The van der Waals surface area contributed by atoms with E-state index in [-0.39, 0.29) is 0 Å². The van der Waals surface area contributed by atoms with E-state index in [1.807, 2.05) is 37.3 Å². The second-order valence-electron chi connectivity index (χ2n) is 3.47. The van der Waals surface area contributed by atoms with Gasteiger partial charge in [-0.05, 0) is 30.7 Å². The van der Waals surface area contributed by atoms with Crippen LogP contribution in [0.2, 0.25) is 0 Å². The topological polar surface area (TPSA) is 45.9 Å². The van der Waals surface area contributed by atoms with Crippen molar-refractivity contribution in [3.63, 3.8) is 0 Å². The fraction of sp³-hybridized carbons (Fsp3) is 0.231. The van der Waals surface area contributed by atoms with Gasteiger partial charge in [0.05, 0.1) is 5.52 Å². The molecule has 0 spiro atoms. The predicted octanol–water partition coefficient (Wildman–Crippen LogP) is 2.92. The Morgan fingerprint density at radius 3 is 3.00 bits per heavy atom. The monoisotopic (exact) mass is 212 g/mol. The van der Waals surface area contributed by atoms with Gasteiger partial charge in [-0.1, -0.05) is 13.0 Å². The van der Waals surface area contributed by atoms with Gasteiger partial charge in [0.15, 0.2) is 6.10 Å². The Kier molecular flexibility index (Phi) is 3.02. The Hall–Kier alpha value is -2.08. The molecule has 0 aliphatic carbocycles. The summed E-state index contributed by atoms with van der Waals surface area (Å²) in [7, 11) is 0. The van der Waals surface area contributed by atoms with Gasteiger partial charge in [-0.15, -0.1) is 0 Å². The van der Waals surface area contributed by atoms with Crippen LogP contribution in [-0.2, 0) is 0 Å². The van der Waals surface area contributed by atoms with Gasteiger partial charge < -0.3 is 4.74 Å². The van der Waals surface area contributed by atoms with Gasteiger partial charge in [0, 0.05) is 11.6 Å². The van der Waals surface area contributed by atoms with Gasteiger partial charge in [-0.25, -0.2) is 0 Å². The van der Waals surface area contributed by atoms with E-state index in [1.165, 1.54) is 0 Å². The van der Waals surface area contributed by atoms with Gasteiger partial charge in [-0.2, -0.15) is 5.26 Å². The van der Waals surface area contributed by atoms with Crippen molar-refractivity contribution in [2.24, 2.45) is 0 Å². The number of hydrogen-bond acceptors (Lipinski definition) is 3. The second kappa shape index (κ2) is 4.63. The lowest BCUT2D eigenvalue weighted by Crippen LogP contribution is -2.12. The highest BCUT2D eigenvalue weighted by molar-refractivity contribution is 5.84. The van der Waals surface area contributed by atoms with E-state index in [1.54, 1.807) is 6.20 Å². The van der Waals surface area contributed by atoms with Crippen LogP contribution in [0.1, 0.15) is 13.3 Å². The first-order chi connectivity index (χ1) is 7.85. The summed E-state index contributed by atoms with van der Waals surface area (Å²) in [5.74, 6) is 0.721. The molecule has 1 atom stereocenters. The fourth-order valence-corrected chi connectivity index (χ4v) is 1.53. The number of hydrogen-bond donors (Lipinski definition) is 0. The van der Waals surface area contributed by atoms with E-state index >= 15 is 0 Å². The summed E-state index contributed by atoms with van der Waals surface area (Å²) in [6.07, 6.45) is 2.02. The molecule has 0 radical (unpaired) electrons. The van der Waals surface area contributed by atoms with Crippen molar-refractivity contribution in [1.82, 2.24) is 4.98 Å². The molecule has 2 rings (SSSR count). The van der Waals surface area contributed by atoms with Crippen molar-refractivity contribution in [1.29, 1.82) is 5.26 Å². The Morgan fingerprint density at radius 2 is 2.25 bits per heavy atom. The number of benzene rings is 1. The molecule has 0 amide bonds. The minimum Gasteiger partial charge on any atom is -0.475 e. The zero-order chi connectivity index (χ0) is 11.4. The normalized spacial score (nSPS) is 12.0. The SMILES string of the molecule is CCC(C#N)Oc1cccc2ncccc12. The third-order valence-corrected chi connectivity index (χ3v) is 2.39. The van der Waals surface area contributed by atoms with Crippen LogP contribution in [0.4, 0.5) is 0 Å². The first kappa shape index (κ1) is 10.4. The highest BCUT2D eigenvalue weighted by Crippen LogP contribution is 2.24. The number of ether oxygens (including phenoxy) is 1. The summed E-state index contributed by atoms with van der Waals surface area (Å²) in [6.45, 7) is 1.93. The summed E-state index contributed by atoms with van der Waals surface area (Å²) in [5.41, 5.74) is 0.882. The van der Waals surface area contributed by atoms with E-state index < -0.39 is 6.10 Å². The second-order valence-corrected chi connectivity index (χ2v) is 3.47. The standard InChI is InChI=1S/C13H12N2O/c1-2-10(9-14)16-13-7-3-6-12-11(13)5-4-8-15-12/h3-8,10H,2H2,1H3. The Morgan fingerprint density at radius 1 is 1.38 bits per heavy atom. The average molecular weight is 212 g/mol. The quantitative estimate of drug-likeness (QED) is 0.785. The maximum absolute atomic E-state index is 8.87. The van der Waals surface area contributed by atoms with Gasteiger partial charge in [-0.3, -0.25) is 4.98 Å². The van der Waals surface area contributed by atoms with Crippen molar-refractivity contribution in [3.05, 3.63) is 36.5 Å². The van der Waals surface area contributed by atoms with E-state index in [4.69, 9.17) is 10.00 Å². The van der Waals surface area contributed by atoms with Gasteiger partial charge in [0.2, 0.25) is 0 Å². The van der Waals surface area contributed by atoms with Crippen molar-refractivity contribution in [3.8, 4) is 11.8 Å². The molecule has 0 aliphatic rings. The molecule has 3 heteroatoms. The Balaban J connectivity index is 2.41. The third-order valence-electron chi connectivity index (χ3n) is 2.39. The minimum absolute atomic E-state index is 0.397. The molecule has 0 saturated heterocycles. The molecular weight excluding hydrogens is 200 g/mol. The molecule has 0 aliphatic heterocycles. The molecule has 1 heterocycles. The molecule has 3 nitrogen and oxygen atoms in total. The minimum atomic E-state index is -0.397. The van der Waals surface area contributed by atoms with Crippen LogP contribution in [0.25, 0.3) is 10.9 Å². The molecule has 1 aromatic heterocycles. The number of pyridine rings is 1. The molecule has 0 saturated carbocycles. The van der Waals surface area contributed by atoms with E-state index in [2.05, 4.69) is 11.1 Å². The van der Waals surface area contributed by atoms with E-state index in [9.17, 15) is 0 Å². The van der Waals surface area contributed by atoms with Crippen LogP contribution in [-0.4, -0.2) is 11.1 Å². The highest BCUT2D eigenvalue weighted by Gasteiger charge is 2.08. The van der Waals surface area contributed by atoms with Crippen LogP contribution >= 0.6 is 0 Å². The number of nitrogens with zero attached hydrogens (tertiary/aromatic N) is 2. The lowest BCUT2D eigenvalue weighted by atomic mass is 10.2. The van der Waals surface area contributed by atoms with Gasteiger partial charge in [0.25, 0.3) is 0 Å². The molecule has 1 aromatic carbocycles. The lowest BCUT2D eigenvalue weighted by molar-refractivity contribution is 0.255. The van der Waals surface area contributed by atoms with Crippen LogP contribution in [0.5, 0.6) is 5.75 Å². The predicted molar refractivity (Wildman–Crippen MR) is 62.1 cm³/mol. The molecule has 0 N–H and O–H groups in total. The molecule has 0 bridgehead atoms. The Bertz CT molecular complexity index is 525. The summed E-state index contributed by atoms with van der Waals surface area (Å²) in [4.78, 5) is 4.24. The molecule has 0 fully saturated rings. The van der Waals surface area contributed by atoms with Crippen LogP contribution in [0.3, 0.4) is 0 Å². The molecule has 1 unspecified atom stereocenters. The van der Waals surface area contributed by atoms with E-state index in [0.29, 0.717) is 6.42 Å². The van der Waals surface area contributed by atoms with Gasteiger partial charge in [0.1, 0.15) is 11.8 Å². The van der Waals surface area contributed by atoms with Crippen LogP contribution < -0.4 is 4.74 Å². The smallest absolute Gasteiger partial charge is 0.184 e. The van der Waals surface area contributed by atoms with Crippen molar-refractivity contribution in [2.45, 2.75) is 19.4 Å². The number of nitriles is 1. The maximum Gasteiger partial charge on any atom is 0.184 e. The van der Waals surface area contributed by atoms with Crippen LogP contribution in [0, 0.1) is 11.3 Å². The maximum atomic E-state index is 8.87. The summed E-state index contributed by atoms with van der Waals surface area (Å²) in [5, 5.41) is 9.81. The Labute approximate surface area is 94.3 Å². The number of rotatable bonds is 3. The highest BCUT2D eigenvalue weighted by atomic mass is 16.5. The number of fused-ring (bicyclic) bond motifs is 1. The van der Waals surface area contributed by atoms with Crippen LogP contribution in [0.15, 0.2) is 36.5 Å². The van der Waals surface area contributed by atoms with E-state index in [0.717, 1.165) is 16.7 Å². The summed E-state index contributed by atoms with van der Waals surface area (Å²) < 4.78 is 5.62. The lowest BCUT2D eigenvalue weighted by Gasteiger charge is -2.11. The first-order valence-corrected chi connectivity index (χ1v) is 5.25. The molecular formula is C13H12N2O. The molecule has 2 aromatic rings. The fourth-order valence-electron chi connectivity index (χ4n) is 1.53. The first-order valence-electron chi connectivity index (χ1n) is 5.25. The van der Waals surface area contributed by atoms with Gasteiger partial charge >= 0.3 is 0 Å². The molecule has 80 valence electrons.